The zero-order valence-corrected chi connectivity index (χ0v) is 13.6. The molecule has 0 aliphatic heterocycles. The second kappa shape index (κ2) is 7.15. The first-order chi connectivity index (χ1) is 10.9. The minimum absolute atomic E-state index is 0.136. The van der Waals surface area contributed by atoms with Gasteiger partial charge in [0, 0.05) is 16.4 Å². The fourth-order valence-corrected chi connectivity index (χ4v) is 2.27. The molecule has 0 saturated carbocycles. The summed E-state index contributed by atoms with van der Waals surface area (Å²) in [5.74, 6) is -1.11. The molecule has 0 aliphatic rings. The summed E-state index contributed by atoms with van der Waals surface area (Å²) in [6.07, 6.45) is 0. The van der Waals surface area contributed by atoms with Crippen LogP contribution in [0.2, 0.25) is 5.02 Å². The summed E-state index contributed by atoms with van der Waals surface area (Å²) in [7, 11) is 0. The maximum absolute atomic E-state index is 12.0. The lowest BCUT2D eigenvalue weighted by Gasteiger charge is -2.12. The second-order valence-electron chi connectivity index (χ2n) is 5.12. The number of carbonyl (C=O) groups is 2. The standard InChI is InChI=1S/C17H17ClN2O3/c1-10-4-3-5-11(2)16(10)20-15(21)9-23-17(22)13-8-12(18)6-7-14(13)19/h3-8H,9,19H2,1-2H3,(H,20,21). The summed E-state index contributed by atoms with van der Waals surface area (Å²) in [6, 6.07) is 10.2. The molecular weight excluding hydrogens is 316 g/mol. The van der Waals surface area contributed by atoms with Crippen LogP contribution in [0.3, 0.4) is 0 Å². The quantitative estimate of drug-likeness (QED) is 0.664. The number of nitrogens with two attached hydrogens (primary N) is 1. The zero-order valence-electron chi connectivity index (χ0n) is 12.9. The minimum atomic E-state index is -0.693. The molecular formula is C17H17ClN2O3. The average molecular weight is 333 g/mol. The van der Waals surface area contributed by atoms with Crippen molar-refractivity contribution < 1.29 is 14.3 Å². The normalized spacial score (nSPS) is 10.2. The van der Waals surface area contributed by atoms with Crippen LogP contribution in [0.1, 0.15) is 21.5 Å². The minimum Gasteiger partial charge on any atom is -0.452 e. The lowest BCUT2D eigenvalue weighted by molar-refractivity contribution is -0.119. The Morgan fingerprint density at radius 3 is 2.48 bits per heavy atom. The van der Waals surface area contributed by atoms with Crippen molar-refractivity contribution in [1.29, 1.82) is 0 Å². The van der Waals surface area contributed by atoms with Crippen molar-refractivity contribution in [3.63, 3.8) is 0 Å². The largest absolute Gasteiger partial charge is 0.452 e. The van der Waals surface area contributed by atoms with E-state index in [1.54, 1.807) is 6.07 Å². The maximum Gasteiger partial charge on any atom is 0.340 e. The number of rotatable bonds is 4. The van der Waals surface area contributed by atoms with Crippen molar-refractivity contribution in [3.8, 4) is 0 Å². The van der Waals surface area contributed by atoms with E-state index in [1.807, 2.05) is 32.0 Å². The molecule has 3 N–H and O–H groups in total. The molecule has 0 fully saturated rings. The van der Waals surface area contributed by atoms with Crippen LogP contribution in [-0.2, 0) is 9.53 Å². The number of nitrogens with one attached hydrogen (secondary N) is 1. The number of halogens is 1. The van der Waals surface area contributed by atoms with Crippen molar-refractivity contribution in [2.24, 2.45) is 0 Å². The Labute approximate surface area is 139 Å². The first-order valence-electron chi connectivity index (χ1n) is 6.96. The molecule has 0 radical (unpaired) electrons. The highest BCUT2D eigenvalue weighted by atomic mass is 35.5. The fourth-order valence-electron chi connectivity index (χ4n) is 2.10. The van der Waals surface area contributed by atoms with Crippen molar-refractivity contribution in [2.45, 2.75) is 13.8 Å². The van der Waals surface area contributed by atoms with E-state index >= 15 is 0 Å². The van der Waals surface area contributed by atoms with Gasteiger partial charge in [-0.3, -0.25) is 4.79 Å². The summed E-state index contributed by atoms with van der Waals surface area (Å²) in [6.45, 7) is 3.38. The van der Waals surface area contributed by atoms with Gasteiger partial charge < -0.3 is 15.8 Å². The molecule has 0 aromatic heterocycles. The predicted molar refractivity (Wildman–Crippen MR) is 90.7 cm³/mol. The smallest absolute Gasteiger partial charge is 0.340 e. The summed E-state index contributed by atoms with van der Waals surface area (Å²) < 4.78 is 4.99. The van der Waals surface area contributed by atoms with Gasteiger partial charge in [0.2, 0.25) is 0 Å². The van der Waals surface area contributed by atoms with E-state index in [0.717, 1.165) is 16.8 Å². The molecule has 2 rings (SSSR count). The van der Waals surface area contributed by atoms with E-state index in [-0.39, 0.29) is 11.3 Å². The van der Waals surface area contributed by atoms with Gasteiger partial charge in [-0.2, -0.15) is 0 Å². The Morgan fingerprint density at radius 1 is 1.17 bits per heavy atom. The van der Waals surface area contributed by atoms with E-state index in [1.165, 1.54) is 12.1 Å². The lowest BCUT2D eigenvalue weighted by atomic mass is 10.1. The van der Waals surface area contributed by atoms with Crippen LogP contribution in [-0.4, -0.2) is 18.5 Å². The SMILES string of the molecule is Cc1cccc(C)c1NC(=O)COC(=O)c1cc(Cl)ccc1N. The average Bonchev–Trinajstić information content (AvgIpc) is 2.51. The van der Waals surface area contributed by atoms with Crippen LogP contribution >= 0.6 is 11.6 Å². The molecule has 5 nitrogen and oxygen atoms in total. The van der Waals surface area contributed by atoms with Crippen LogP contribution in [0, 0.1) is 13.8 Å². The first kappa shape index (κ1) is 16.8. The number of esters is 1. The van der Waals surface area contributed by atoms with Crippen molar-refractivity contribution in [1.82, 2.24) is 0 Å². The van der Waals surface area contributed by atoms with Crippen molar-refractivity contribution >= 4 is 34.9 Å². The third kappa shape index (κ3) is 4.23. The van der Waals surface area contributed by atoms with E-state index in [9.17, 15) is 9.59 Å². The van der Waals surface area contributed by atoms with Gasteiger partial charge in [-0.25, -0.2) is 4.79 Å². The number of carbonyl (C=O) groups excluding carboxylic acids is 2. The van der Waals surface area contributed by atoms with Crippen molar-refractivity contribution in [3.05, 3.63) is 58.1 Å². The number of aryl methyl sites for hydroxylation is 2. The van der Waals surface area contributed by atoms with Gasteiger partial charge in [-0.05, 0) is 43.2 Å². The molecule has 0 spiro atoms. The molecule has 0 atom stereocenters. The molecule has 2 aromatic rings. The van der Waals surface area contributed by atoms with E-state index in [2.05, 4.69) is 5.32 Å². The predicted octanol–water partition coefficient (Wildman–Crippen LogP) is 3.33. The number of ether oxygens (including phenoxy) is 1. The Hall–Kier alpha value is -2.53. The van der Waals surface area contributed by atoms with Crippen LogP contribution in [0.15, 0.2) is 36.4 Å². The first-order valence-corrected chi connectivity index (χ1v) is 7.34. The highest BCUT2D eigenvalue weighted by Crippen LogP contribution is 2.20. The Morgan fingerprint density at radius 2 is 1.83 bits per heavy atom. The lowest BCUT2D eigenvalue weighted by Crippen LogP contribution is -2.22. The molecule has 23 heavy (non-hydrogen) atoms. The Balaban J connectivity index is 1.99. The topological polar surface area (TPSA) is 81.4 Å². The molecule has 120 valence electrons. The molecule has 0 unspecified atom stereocenters. The summed E-state index contributed by atoms with van der Waals surface area (Å²) in [5, 5.41) is 3.10. The summed E-state index contributed by atoms with van der Waals surface area (Å²) in [5.41, 5.74) is 8.67. The fraction of sp³-hybridized carbons (Fsp3) is 0.176. The second-order valence-corrected chi connectivity index (χ2v) is 5.56. The summed E-state index contributed by atoms with van der Waals surface area (Å²) in [4.78, 5) is 23.9. The Bertz CT molecular complexity index is 739. The molecule has 0 aliphatic carbocycles. The molecule has 0 heterocycles. The number of nitrogen functional groups attached to an aromatic ring is 1. The molecule has 0 bridgehead atoms. The van der Waals surface area contributed by atoms with Crippen LogP contribution < -0.4 is 11.1 Å². The van der Waals surface area contributed by atoms with Crippen LogP contribution in [0.25, 0.3) is 0 Å². The molecule has 6 heteroatoms. The van der Waals surface area contributed by atoms with E-state index in [0.29, 0.717) is 5.02 Å². The third-order valence-corrected chi connectivity index (χ3v) is 3.55. The summed E-state index contributed by atoms with van der Waals surface area (Å²) >= 11 is 5.82. The Kier molecular flexibility index (Phi) is 5.24. The van der Waals surface area contributed by atoms with Crippen LogP contribution in [0.4, 0.5) is 11.4 Å². The molecule has 0 saturated heterocycles. The number of benzene rings is 2. The number of anilines is 2. The number of para-hydroxylation sites is 1. The van der Waals surface area contributed by atoms with Gasteiger partial charge in [0.05, 0.1) is 5.56 Å². The number of hydrogen-bond donors (Lipinski definition) is 2. The van der Waals surface area contributed by atoms with Gasteiger partial charge in [0.1, 0.15) is 0 Å². The van der Waals surface area contributed by atoms with E-state index in [4.69, 9.17) is 22.1 Å². The van der Waals surface area contributed by atoms with Gasteiger partial charge in [0.15, 0.2) is 6.61 Å². The maximum atomic E-state index is 12.0. The third-order valence-electron chi connectivity index (χ3n) is 3.32. The number of hydrogen-bond acceptors (Lipinski definition) is 4. The van der Waals surface area contributed by atoms with Crippen molar-refractivity contribution in [2.75, 3.05) is 17.7 Å². The van der Waals surface area contributed by atoms with Gasteiger partial charge >= 0.3 is 5.97 Å². The van der Waals surface area contributed by atoms with Gasteiger partial charge in [0.25, 0.3) is 5.91 Å². The van der Waals surface area contributed by atoms with E-state index < -0.39 is 18.5 Å². The molecule has 2 aromatic carbocycles. The van der Waals surface area contributed by atoms with Gasteiger partial charge in [-0.15, -0.1) is 0 Å². The molecule has 1 amide bonds. The highest BCUT2D eigenvalue weighted by Gasteiger charge is 2.14. The van der Waals surface area contributed by atoms with Crippen LogP contribution in [0.5, 0.6) is 0 Å². The highest BCUT2D eigenvalue weighted by molar-refractivity contribution is 6.31. The van der Waals surface area contributed by atoms with Gasteiger partial charge in [-0.1, -0.05) is 29.8 Å². The zero-order chi connectivity index (χ0) is 17.0. The monoisotopic (exact) mass is 332 g/mol. The number of amides is 1.